The van der Waals surface area contributed by atoms with Gasteiger partial charge in [0, 0.05) is 28.9 Å². The molecule has 1 aromatic carbocycles. The van der Waals surface area contributed by atoms with Crippen molar-refractivity contribution in [2.24, 2.45) is 0 Å². The molecule has 0 spiro atoms. The number of nitrogens with one attached hydrogen (secondary N) is 1. The molecule has 0 aliphatic heterocycles. The first-order chi connectivity index (χ1) is 15.8. The molecule has 3 heterocycles. The predicted molar refractivity (Wildman–Crippen MR) is 113 cm³/mol. The van der Waals surface area contributed by atoms with Crippen LogP contribution in [0, 0.1) is 11.3 Å². The monoisotopic (exact) mass is 448 g/mol. The molecular weight excluding hydrogens is 430 g/mol. The normalized spacial score (nSPS) is 16.7. The fourth-order valence-corrected chi connectivity index (χ4v) is 4.40. The Morgan fingerprint density at radius 1 is 1.27 bits per heavy atom. The summed E-state index contributed by atoms with van der Waals surface area (Å²) in [5.41, 5.74) is 2.06. The second-order valence-electron chi connectivity index (χ2n) is 8.49. The summed E-state index contributed by atoms with van der Waals surface area (Å²) in [6.45, 7) is 3.89. The van der Waals surface area contributed by atoms with Crippen LogP contribution in [0.4, 0.5) is 14.5 Å². The highest BCUT2D eigenvalue weighted by Gasteiger charge is 2.43. The second kappa shape index (κ2) is 7.44. The van der Waals surface area contributed by atoms with Gasteiger partial charge < -0.3 is 5.32 Å². The van der Waals surface area contributed by atoms with Gasteiger partial charge in [0.1, 0.15) is 17.5 Å². The molecule has 1 aliphatic rings. The molecule has 1 N–H and O–H groups in total. The zero-order valence-electron chi connectivity index (χ0n) is 17.7. The third-order valence-electron chi connectivity index (χ3n) is 5.82. The van der Waals surface area contributed by atoms with Crippen molar-refractivity contribution in [2.75, 3.05) is 5.32 Å². The Hall–Kier alpha value is -4.20. The van der Waals surface area contributed by atoms with Crippen molar-refractivity contribution < 1.29 is 13.6 Å². The van der Waals surface area contributed by atoms with E-state index < -0.39 is 17.8 Å². The summed E-state index contributed by atoms with van der Waals surface area (Å²) in [5.74, 6) is -0.831. The number of nitrogens with zero attached hydrogens (tertiary/aromatic N) is 7. The van der Waals surface area contributed by atoms with Gasteiger partial charge >= 0.3 is 0 Å². The number of carbonyl (C=O) groups is 1. The molecule has 1 amide bonds. The molecule has 9 nitrogen and oxygen atoms in total. The summed E-state index contributed by atoms with van der Waals surface area (Å²) in [5, 5.41) is 24.5. The molecule has 33 heavy (non-hydrogen) atoms. The van der Waals surface area contributed by atoms with Crippen molar-refractivity contribution in [3.63, 3.8) is 0 Å². The zero-order chi connectivity index (χ0) is 23.3. The lowest BCUT2D eigenvalue weighted by Crippen LogP contribution is -2.21. The van der Waals surface area contributed by atoms with Gasteiger partial charge in [0.05, 0.1) is 29.6 Å². The maximum absolute atomic E-state index is 13.2. The van der Waals surface area contributed by atoms with E-state index in [9.17, 15) is 18.8 Å². The van der Waals surface area contributed by atoms with Crippen molar-refractivity contribution in [1.29, 1.82) is 5.26 Å². The fourth-order valence-electron chi connectivity index (χ4n) is 4.40. The molecule has 1 atom stereocenters. The first-order valence-electron chi connectivity index (χ1n) is 10.2. The first kappa shape index (κ1) is 20.7. The summed E-state index contributed by atoms with van der Waals surface area (Å²) in [7, 11) is 0. The minimum Gasteiger partial charge on any atom is -0.326 e. The van der Waals surface area contributed by atoms with Crippen molar-refractivity contribution in [3.05, 3.63) is 65.4 Å². The van der Waals surface area contributed by atoms with E-state index in [0.29, 0.717) is 40.3 Å². The molecule has 0 saturated heterocycles. The molecule has 5 rings (SSSR count). The van der Waals surface area contributed by atoms with Gasteiger partial charge in [-0.3, -0.25) is 4.79 Å². The van der Waals surface area contributed by atoms with Crippen molar-refractivity contribution >= 4 is 17.2 Å². The molecule has 166 valence electrons. The number of amides is 1. The summed E-state index contributed by atoms with van der Waals surface area (Å²) >= 11 is 0. The van der Waals surface area contributed by atoms with Crippen molar-refractivity contribution in [3.8, 4) is 11.8 Å². The second-order valence-corrected chi connectivity index (χ2v) is 8.49. The Morgan fingerprint density at radius 3 is 2.73 bits per heavy atom. The van der Waals surface area contributed by atoms with Crippen LogP contribution in [-0.2, 0) is 10.2 Å². The molecule has 0 fully saturated rings. The fraction of sp³-hybridized carbons (Fsp3) is 0.273. The maximum Gasteiger partial charge on any atom is 0.282 e. The van der Waals surface area contributed by atoms with Gasteiger partial charge in [-0.25, -0.2) is 18.3 Å². The van der Waals surface area contributed by atoms with Crippen molar-refractivity contribution in [2.45, 2.75) is 38.0 Å². The van der Waals surface area contributed by atoms with E-state index in [1.807, 2.05) is 13.8 Å². The number of hydrogen-bond acceptors (Lipinski definition) is 6. The van der Waals surface area contributed by atoms with Gasteiger partial charge in [0.2, 0.25) is 5.91 Å². The summed E-state index contributed by atoms with van der Waals surface area (Å²) < 4.78 is 27.8. The van der Waals surface area contributed by atoms with E-state index in [-0.39, 0.29) is 11.6 Å². The van der Waals surface area contributed by atoms with Crippen LogP contribution < -0.4 is 5.32 Å². The molecule has 0 saturated carbocycles. The standard InChI is InChI=1S/C22H18F2N8O/c1-22(2)9-14(15-11-26-18-8-16(20(23)24)30-31(18)19(15)22)21(33)29-13-3-4-17(12(7-13)10-25)32-27-5-6-28-32/h3-8,11,14,20H,9H2,1-2H3,(H,29,33). The number of fused-ring (bicyclic) bond motifs is 3. The number of rotatable bonds is 4. The molecule has 3 aromatic heterocycles. The highest BCUT2D eigenvalue weighted by molar-refractivity contribution is 5.97. The third kappa shape index (κ3) is 3.40. The Morgan fingerprint density at radius 2 is 2.03 bits per heavy atom. The van der Waals surface area contributed by atoms with E-state index in [1.165, 1.54) is 27.8 Å². The van der Waals surface area contributed by atoms with Crippen LogP contribution in [0.25, 0.3) is 11.3 Å². The largest absolute Gasteiger partial charge is 0.326 e. The smallest absolute Gasteiger partial charge is 0.282 e. The minimum absolute atomic E-state index is 0.280. The molecule has 1 unspecified atom stereocenters. The Labute approximate surface area is 186 Å². The lowest BCUT2D eigenvalue weighted by Gasteiger charge is -2.19. The minimum atomic E-state index is -2.71. The summed E-state index contributed by atoms with van der Waals surface area (Å²) in [6, 6.07) is 8.23. The molecule has 0 bridgehead atoms. The van der Waals surface area contributed by atoms with Gasteiger partial charge in [-0.2, -0.15) is 25.4 Å². The quantitative estimate of drug-likeness (QED) is 0.511. The average molecular weight is 448 g/mol. The SMILES string of the molecule is CC1(C)CC(C(=O)Nc2ccc(-n3nccn3)c(C#N)c2)c2cnc3cc(C(F)F)nn3c21. The molecular formula is C22H18F2N8O. The number of nitriles is 1. The number of halogens is 2. The number of anilines is 1. The first-order valence-corrected chi connectivity index (χ1v) is 10.2. The average Bonchev–Trinajstić information content (AvgIpc) is 3.51. The van der Waals surface area contributed by atoms with Crippen molar-refractivity contribution in [1.82, 2.24) is 29.6 Å². The number of hydrogen-bond donors (Lipinski definition) is 1. The van der Waals surface area contributed by atoms with Crippen LogP contribution in [0.5, 0.6) is 0 Å². The molecule has 4 aromatic rings. The van der Waals surface area contributed by atoms with Gasteiger partial charge in [-0.05, 0) is 24.6 Å². The van der Waals surface area contributed by atoms with E-state index in [0.717, 1.165) is 0 Å². The van der Waals surface area contributed by atoms with Crippen LogP contribution in [0.2, 0.25) is 0 Å². The molecule has 0 radical (unpaired) electrons. The van der Waals surface area contributed by atoms with E-state index in [2.05, 4.69) is 31.7 Å². The lowest BCUT2D eigenvalue weighted by atomic mass is 9.88. The number of benzene rings is 1. The van der Waals surface area contributed by atoms with Crippen LogP contribution in [0.1, 0.15) is 55.1 Å². The van der Waals surface area contributed by atoms with Crippen LogP contribution in [0.3, 0.4) is 0 Å². The predicted octanol–water partition coefficient (Wildman–Crippen LogP) is 3.52. The third-order valence-corrected chi connectivity index (χ3v) is 5.82. The van der Waals surface area contributed by atoms with Crippen LogP contribution in [-0.4, -0.2) is 35.5 Å². The lowest BCUT2D eigenvalue weighted by molar-refractivity contribution is -0.117. The van der Waals surface area contributed by atoms with Gasteiger partial charge in [-0.15, -0.1) is 0 Å². The Kier molecular flexibility index (Phi) is 4.67. The molecule has 1 aliphatic carbocycles. The number of carbonyl (C=O) groups excluding carboxylic acids is 1. The maximum atomic E-state index is 13.2. The number of alkyl halides is 2. The van der Waals surface area contributed by atoms with E-state index >= 15 is 0 Å². The van der Waals surface area contributed by atoms with E-state index in [1.54, 1.807) is 24.4 Å². The van der Waals surface area contributed by atoms with Crippen LogP contribution >= 0.6 is 0 Å². The Balaban J connectivity index is 1.47. The van der Waals surface area contributed by atoms with E-state index in [4.69, 9.17) is 0 Å². The molecule has 11 heteroatoms. The van der Waals surface area contributed by atoms with Gasteiger partial charge in [-0.1, -0.05) is 13.8 Å². The highest BCUT2D eigenvalue weighted by atomic mass is 19.3. The summed E-state index contributed by atoms with van der Waals surface area (Å²) in [6.07, 6.45) is 2.32. The highest BCUT2D eigenvalue weighted by Crippen LogP contribution is 2.46. The van der Waals surface area contributed by atoms with Gasteiger partial charge in [0.15, 0.2) is 5.65 Å². The zero-order valence-corrected chi connectivity index (χ0v) is 17.7. The number of aromatic nitrogens is 6. The van der Waals surface area contributed by atoms with Crippen LogP contribution in [0.15, 0.2) is 42.9 Å². The topological polar surface area (TPSA) is 114 Å². The summed E-state index contributed by atoms with van der Waals surface area (Å²) in [4.78, 5) is 18.8. The Bertz CT molecular complexity index is 1420. The van der Waals surface area contributed by atoms with Gasteiger partial charge in [0.25, 0.3) is 6.43 Å².